The van der Waals surface area contributed by atoms with E-state index in [-0.39, 0.29) is 4.90 Å². The first-order valence-corrected chi connectivity index (χ1v) is 7.26. The predicted molar refractivity (Wildman–Crippen MR) is 69.6 cm³/mol. The molecule has 98 valence electrons. The predicted octanol–water partition coefficient (Wildman–Crippen LogP) is 1.49. The number of sulfonamides is 1. The molecule has 0 radical (unpaired) electrons. The maximum absolute atomic E-state index is 12.0. The fourth-order valence-electron chi connectivity index (χ4n) is 2.06. The Morgan fingerprint density at radius 3 is 2.50 bits per heavy atom. The lowest BCUT2D eigenvalue weighted by Gasteiger charge is -2.21. The molecule has 5 nitrogen and oxygen atoms in total. The number of amidine groups is 1. The Bertz CT molecular complexity index is 589. The molecule has 0 unspecified atom stereocenters. The van der Waals surface area contributed by atoms with Crippen LogP contribution in [-0.4, -0.2) is 39.4 Å². The molecule has 0 aromatic heterocycles. The van der Waals surface area contributed by atoms with Gasteiger partial charge in [-0.15, -0.1) is 4.40 Å². The second-order valence-corrected chi connectivity index (χ2v) is 5.47. The summed E-state index contributed by atoms with van der Waals surface area (Å²) < 4.78 is 33.1. The second kappa shape index (κ2) is 4.61. The molecule has 2 rings (SSSR count). The molecular weight excluding hydrogens is 252 g/mol. The Hall–Kier alpha value is -1.56. The number of ether oxygens (including phenoxy) is 1. The normalized spacial score (nSPS) is 16.1. The van der Waals surface area contributed by atoms with Crippen LogP contribution >= 0.6 is 0 Å². The smallest absolute Gasteiger partial charge is 0.285 e. The molecule has 1 aromatic carbocycles. The Morgan fingerprint density at radius 1 is 1.28 bits per heavy atom. The zero-order valence-corrected chi connectivity index (χ0v) is 11.5. The van der Waals surface area contributed by atoms with E-state index < -0.39 is 10.0 Å². The van der Waals surface area contributed by atoms with E-state index in [0.29, 0.717) is 30.2 Å². The molecule has 0 fully saturated rings. The Balaban J connectivity index is 2.68. The molecule has 1 aromatic rings. The number of hydrogen-bond donors (Lipinski definition) is 0. The van der Waals surface area contributed by atoms with Crippen molar-refractivity contribution >= 4 is 15.9 Å². The van der Waals surface area contributed by atoms with Crippen molar-refractivity contribution in [2.45, 2.75) is 18.7 Å². The van der Waals surface area contributed by atoms with E-state index in [9.17, 15) is 8.42 Å². The first kappa shape index (κ1) is 12.9. The number of methoxy groups -OCH3 is 1. The fraction of sp³-hybridized carbons (Fsp3) is 0.417. The van der Waals surface area contributed by atoms with Gasteiger partial charge in [-0.3, -0.25) is 0 Å². The summed E-state index contributed by atoms with van der Waals surface area (Å²) in [7, 11) is -2.06. The highest BCUT2D eigenvalue weighted by molar-refractivity contribution is 7.90. The molecule has 0 amide bonds. The summed E-state index contributed by atoms with van der Waals surface area (Å²) in [6.07, 6.45) is 0. The topological polar surface area (TPSA) is 59.0 Å². The van der Waals surface area contributed by atoms with E-state index in [1.165, 1.54) is 7.11 Å². The van der Waals surface area contributed by atoms with Crippen LogP contribution < -0.4 is 4.74 Å². The maximum atomic E-state index is 12.0. The molecule has 1 heterocycles. The van der Waals surface area contributed by atoms with Gasteiger partial charge in [-0.05, 0) is 26.0 Å². The van der Waals surface area contributed by atoms with E-state index >= 15 is 0 Å². The van der Waals surface area contributed by atoms with Gasteiger partial charge in [0.1, 0.15) is 10.6 Å². The molecule has 1 aliphatic rings. The van der Waals surface area contributed by atoms with Crippen molar-refractivity contribution < 1.29 is 13.2 Å². The number of rotatable bonds is 3. The summed E-state index contributed by atoms with van der Waals surface area (Å²) in [6, 6.07) is 4.97. The van der Waals surface area contributed by atoms with Gasteiger partial charge in [0.05, 0.1) is 12.7 Å². The SMILES string of the molecule is CCN(CC)C1=NS(=O)(=O)c2cccc(OC)c21. The summed E-state index contributed by atoms with van der Waals surface area (Å²) in [5.74, 6) is 1.02. The third kappa shape index (κ3) is 1.86. The van der Waals surface area contributed by atoms with Gasteiger partial charge >= 0.3 is 0 Å². The quantitative estimate of drug-likeness (QED) is 0.833. The lowest BCUT2D eigenvalue weighted by atomic mass is 10.1. The highest BCUT2D eigenvalue weighted by Crippen LogP contribution is 2.34. The second-order valence-electron chi connectivity index (χ2n) is 3.90. The van der Waals surface area contributed by atoms with Crippen LogP contribution in [0.2, 0.25) is 0 Å². The third-order valence-corrected chi connectivity index (χ3v) is 4.29. The number of hydrogen-bond acceptors (Lipinski definition) is 4. The van der Waals surface area contributed by atoms with E-state index in [1.54, 1.807) is 18.2 Å². The van der Waals surface area contributed by atoms with Gasteiger partial charge in [0.25, 0.3) is 10.0 Å². The number of nitrogens with zero attached hydrogens (tertiary/aromatic N) is 2. The van der Waals surface area contributed by atoms with Crippen LogP contribution in [0, 0.1) is 0 Å². The lowest BCUT2D eigenvalue weighted by molar-refractivity contribution is 0.408. The van der Waals surface area contributed by atoms with Crippen LogP contribution in [0.3, 0.4) is 0 Å². The van der Waals surface area contributed by atoms with Gasteiger partial charge in [-0.1, -0.05) is 6.07 Å². The van der Waals surface area contributed by atoms with Crippen molar-refractivity contribution in [2.24, 2.45) is 4.40 Å². The van der Waals surface area contributed by atoms with Gasteiger partial charge in [0, 0.05) is 13.1 Å². The minimum atomic E-state index is -3.59. The Labute approximate surface area is 107 Å². The Morgan fingerprint density at radius 2 is 1.94 bits per heavy atom. The lowest BCUT2D eigenvalue weighted by Crippen LogP contribution is -2.30. The maximum Gasteiger partial charge on any atom is 0.285 e. The van der Waals surface area contributed by atoms with E-state index in [1.807, 2.05) is 18.7 Å². The molecule has 0 saturated heterocycles. The molecule has 0 atom stereocenters. The zero-order chi connectivity index (χ0) is 13.3. The van der Waals surface area contributed by atoms with Crippen LogP contribution in [-0.2, 0) is 10.0 Å². The summed E-state index contributed by atoms with van der Waals surface area (Å²) in [4.78, 5) is 2.13. The number of fused-ring (bicyclic) bond motifs is 1. The van der Waals surface area contributed by atoms with Crippen LogP contribution in [0.5, 0.6) is 5.75 Å². The molecule has 18 heavy (non-hydrogen) atoms. The average molecular weight is 268 g/mol. The van der Waals surface area contributed by atoms with Crippen LogP contribution in [0.4, 0.5) is 0 Å². The van der Waals surface area contributed by atoms with Crippen molar-refractivity contribution in [1.29, 1.82) is 0 Å². The number of benzene rings is 1. The highest BCUT2D eigenvalue weighted by Gasteiger charge is 2.33. The van der Waals surface area contributed by atoms with Crippen molar-refractivity contribution in [3.63, 3.8) is 0 Å². The standard InChI is InChI=1S/C12H16N2O3S/c1-4-14(5-2)12-11-9(17-3)7-6-8-10(11)18(15,16)13-12/h6-8H,4-5H2,1-3H3. The average Bonchev–Trinajstić information content (AvgIpc) is 2.64. The molecule has 6 heteroatoms. The highest BCUT2D eigenvalue weighted by atomic mass is 32.2. The largest absolute Gasteiger partial charge is 0.496 e. The minimum Gasteiger partial charge on any atom is -0.496 e. The minimum absolute atomic E-state index is 0.226. The van der Waals surface area contributed by atoms with E-state index in [2.05, 4.69) is 4.40 Å². The van der Waals surface area contributed by atoms with Crippen molar-refractivity contribution in [2.75, 3.05) is 20.2 Å². The molecule has 0 N–H and O–H groups in total. The summed E-state index contributed by atoms with van der Waals surface area (Å²) in [5, 5.41) is 0. The molecule has 0 aliphatic carbocycles. The van der Waals surface area contributed by atoms with Crippen molar-refractivity contribution in [3.8, 4) is 5.75 Å². The summed E-state index contributed by atoms with van der Waals surface area (Å²) >= 11 is 0. The first-order valence-electron chi connectivity index (χ1n) is 5.82. The Kier molecular flexibility index (Phi) is 3.30. The molecule has 1 aliphatic heterocycles. The molecular formula is C12H16N2O3S. The van der Waals surface area contributed by atoms with E-state index in [0.717, 1.165) is 0 Å². The third-order valence-electron chi connectivity index (χ3n) is 2.98. The van der Waals surface area contributed by atoms with E-state index in [4.69, 9.17) is 4.74 Å². The monoisotopic (exact) mass is 268 g/mol. The molecule has 0 bridgehead atoms. The molecule has 0 saturated carbocycles. The van der Waals surface area contributed by atoms with Gasteiger partial charge < -0.3 is 9.64 Å². The first-order chi connectivity index (χ1) is 8.55. The summed E-state index contributed by atoms with van der Waals surface area (Å²) in [5.41, 5.74) is 0.573. The van der Waals surface area contributed by atoms with Gasteiger partial charge in [-0.25, -0.2) is 0 Å². The van der Waals surface area contributed by atoms with Gasteiger partial charge in [0.2, 0.25) is 0 Å². The van der Waals surface area contributed by atoms with Crippen molar-refractivity contribution in [3.05, 3.63) is 23.8 Å². The zero-order valence-electron chi connectivity index (χ0n) is 10.7. The fourth-order valence-corrected chi connectivity index (χ4v) is 3.30. The molecule has 0 spiro atoms. The van der Waals surface area contributed by atoms with Crippen molar-refractivity contribution in [1.82, 2.24) is 4.90 Å². The van der Waals surface area contributed by atoms with Crippen LogP contribution in [0.1, 0.15) is 19.4 Å². The summed E-state index contributed by atoms with van der Waals surface area (Å²) in [6.45, 7) is 5.32. The van der Waals surface area contributed by atoms with Gasteiger partial charge in [-0.2, -0.15) is 8.42 Å². The van der Waals surface area contributed by atoms with Crippen LogP contribution in [0.15, 0.2) is 27.5 Å². The van der Waals surface area contributed by atoms with Gasteiger partial charge in [0.15, 0.2) is 5.84 Å². The van der Waals surface area contributed by atoms with Crippen LogP contribution in [0.25, 0.3) is 0 Å².